The van der Waals surface area contributed by atoms with Crippen LogP contribution in [0, 0.1) is 5.41 Å². The smallest absolute Gasteiger partial charge is 0.257 e. The van der Waals surface area contributed by atoms with Crippen LogP contribution in [0.3, 0.4) is 0 Å². The van der Waals surface area contributed by atoms with Crippen LogP contribution in [0.1, 0.15) is 64.9 Å². The molecular formula is C28H28Cl2N2O4. The van der Waals surface area contributed by atoms with Gasteiger partial charge in [-0.1, -0.05) is 47.5 Å². The van der Waals surface area contributed by atoms with Crippen LogP contribution in [0.5, 0.6) is 0 Å². The van der Waals surface area contributed by atoms with Gasteiger partial charge in [-0.25, -0.2) is 0 Å². The Morgan fingerprint density at radius 2 is 1.81 bits per heavy atom. The van der Waals surface area contributed by atoms with Crippen molar-refractivity contribution < 1.29 is 25.2 Å². The zero-order valence-electron chi connectivity index (χ0n) is 23.8. The van der Waals surface area contributed by atoms with Crippen molar-refractivity contribution in [3.63, 3.8) is 0 Å². The number of halogens is 2. The van der Waals surface area contributed by atoms with E-state index >= 15 is 0 Å². The molecule has 2 aliphatic rings. The molecule has 1 atom stereocenters. The molecular weight excluding hydrogens is 499 g/mol. The van der Waals surface area contributed by atoms with Crippen molar-refractivity contribution in [1.82, 2.24) is 9.88 Å². The van der Waals surface area contributed by atoms with Crippen LogP contribution in [-0.2, 0) is 22.6 Å². The summed E-state index contributed by atoms with van der Waals surface area (Å²) in [4.78, 5) is 19.8. The number of hydrogen-bond acceptors (Lipinski definition) is 5. The summed E-state index contributed by atoms with van der Waals surface area (Å²) >= 11 is 12.2. The molecule has 0 bridgehead atoms. The van der Waals surface area contributed by atoms with Gasteiger partial charge in [-0.3, -0.25) is 14.7 Å². The Morgan fingerprint density at radius 3 is 2.39 bits per heavy atom. The van der Waals surface area contributed by atoms with Gasteiger partial charge in [0, 0.05) is 33.3 Å². The number of aromatic nitrogens is 1. The predicted octanol–water partition coefficient (Wildman–Crippen LogP) is 5.26. The van der Waals surface area contributed by atoms with Gasteiger partial charge in [0.25, 0.3) is 5.91 Å². The first kappa shape index (κ1) is 20.6. The Bertz CT molecular complexity index is 1450. The number of carbonyl (C=O) groups is 1. The Labute approximate surface area is 226 Å². The number of pyridine rings is 1. The van der Waals surface area contributed by atoms with Crippen molar-refractivity contribution in [3.05, 3.63) is 98.8 Å². The summed E-state index contributed by atoms with van der Waals surface area (Å²) in [5, 5.41) is 21.9. The molecule has 36 heavy (non-hydrogen) atoms. The zero-order valence-corrected chi connectivity index (χ0v) is 21.3. The fraction of sp³-hybridized carbons (Fsp3) is 0.357. The van der Waals surface area contributed by atoms with Gasteiger partial charge in [0.15, 0.2) is 5.72 Å². The van der Waals surface area contributed by atoms with E-state index in [4.69, 9.17) is 33.4 Å². The second-order valence-corrected chi connectivity index (χ2v) is 10.6. The first-order valence-corrected chi connectivity index (χ1v) is 12.3. The summed E-state index contributed by atoms with van der Waals surface area (Å²) in [5.41, 5.74) is -3.32. The third-order valence-electron chi connectivity index (χ3n) is 6.65. The van der Waals surface area contributed by atoms with Crippen molar-refractivity contribution >= 4 is 29.1 Å². The van der Waals surface area contributed by atoms with Crippen molar-refractivity contribution in [2.24, 2.45) is 5.41 Å². The SMILES string of the molecule is [2H]C([2H])(O)C1(C([2H])([2H])O[C@]2(c3ccc(Cl)cc3)c3ccc(C(C)(C)O)cc3C(=O)N2Cc2ccc(Cl)cn2)CC1. The lowest BCUT2D eigenvalue weighted by Crippen LogP contribution is -2.47. The third-order valence-corrected chi connectivity index (χ3v) is 7.12. The van der Waals surface area contributed by atoms with Gasteiger partial charge in [0.1, 0.15) is 0 Å². The van der Waals surface area contributed by atoms with Crippen molar-refractivity contribution in [3.8, 4) is 0 Å². The Morgan fingerprint density at radius 1 is 1.11 bits per heavy atom. The largest absolute Gasteiger partial charge is 0.396 e. The minimum absolute atomic E-state index is 0.0391. The molecule has 0 radical (unpaired) electrons. The van der Waals surface area contributed by atoms with E-state index in [9.17, 15) is 15.0 Å². The molecule has 2 N–H and O–H groups in total. The van der Waals surface area contributed by atoms with Crippen LogP contribution in [0.2, 0.25) is 10.0 Å². The fourth-order valence-corrected chi connectivity index (χ4v) is 4.60. The van der Waals surface area contributed by atoms with Crippen molar-refractivity contribution in [2.75, 3.05) is 13.1 Å². The summed E-state index contributed by atoms with van der Waals surface area (Å²) in [5.74, 6) is -0.513. The lowest BCUT2D eigenvalue weighted by atomic mass is 9.89. The van der Waals surface area contributed by atoms with Gasteiger partial charge in [0.05, 0.1) is 41.5 Å². The van der Waals surface area contributed by atoms with E-state index in [1.165, 1.54) is 11.1 Å². The quantitative estimate of drug-likeness (QED) is 0.414. The van der Waals surface area contributed by atoms with E-state index < -0.39 is 35.8 Å². The summed E-state index contributed by atoms with van der Waals surface area (Å²) in [6, 6.07) is 14.4. The van der Waals surface area contributed by atoms with E-state index in [1.54, 1.807) is 68.4 Å². The van der Waals surface area contributed by atoms with Gasteiger partial charge >= 0.3 is 0 Å². The molecule has 1 amide bonds. The third kappa shape index (κ3) is 4.42. The molecule has 1 saturated carbocycles. The highest BCUT2D eigenvalue weighted by Gasteiger charge is 2.55. The van der Waals surface area contributed by atoms with Gasteiger partial charge in [-0.2, -0.15) is 0 Å². The van der Waals surface area contributed by atoms with E-state index in [2.05, 4.69) is 4.98 Å². The molecule has 1 aliphatic heterocycles. The standard InChI is InChI=1S/C28H28Cl2N2O4/c1-26(2,35)19-5-10-24-23(13-19)25(34)32(15-22-9-8-21(30)14-31-22)28(24,18-3-6-20(29)7-4-18)36-17-27(16-33)11-12-27/h3-10,13-14,33,35H,11-12,15-17H2,1-2H3/t28-/m1/s1/i16D2,17D2. The highest BCUT2D eigenvalue weighted by Crippen LogP contribution is 2.51. The maximum atomic E-state index is 14.2. The molecule has 6 nitrogen and oxygen atoms in total. The van der Waals surface area contributed by atoms with Crippen molar-refractivity contribution in [2.45, 2.75) is 44.6 Å². The summed E-state index contributed by atoms with van der Waals surface area (Å²) in [7, 11) is 0. The average Bonchev–Trinajstić information content (AvgIpc) is 3.67. The van der Waals surface area contributed by atoms with Crippen LogP contribution in [0.15, 0.2) is 60.8 Å². The monoisotopic (exact) mass is 530 g/mol. The van der Waals surface area contributed by atoms with Crippen LogP contribution in [-0.4, -0.2) is 39.1 Å². The molecule has 1 aromatic heterocycles. The summed E-state index contributed by atoms with van der Waals surface area (Å²) in [6.45, 7) is -2.58. The van der Waals surface area contributed by atoms with Crippen LogP contribution >= 0.6 is 23.2 Å². The zero-order chi connectivity index (χ0) is 29.3. The number of benzene rings is 2. The molecule has 2 heterocycles. The maximum Gasteiger partial charge on any atom is 0.257 e. The number of ether oxygens (including phenoxy) is 1. The number of rotatable bonds is 8. The molecule has 8 heteroatoms. The van der Waals surface area contributed by atoms with Crippen LogP contribution < -0.4 is 0 Å². The molecule has 2 aromatic carbocycles. The van der Waals surface area contributed by atoms with E-state index in [0.29, 0.717) is 32.4 Å². The average molecular weight is 531 g/mol. The van der Waals surface area contributed by atoms with Gasteiger partial charge in [-0.15, -0.1) is 0 Å². The van der Waals surface area contributed by atoms with Crippen LogP contribution in [0.4, 0.5) is 0 Å². The highest BCUT2D eigenvalue weighted by molar-refractivity contribution is 6.30. The summed E-state index contributed by atoms with van der Waals surface area (Å²) in [6.07, 6.45) is 1.51. The van der Waals surface area contributed by atoms with E-state index in [0.717, 1.165) is 0 Å². The number of aliphatic hydroxyl groups is 2. The van der Waals surface area contributed by atoms with E-state index in [-0.39, 0.29) is 24.9 Å². The molecule has 188 valence electrons. The number of nitrogens with zero attached hydrogens (tertiary/aromatic N) is 2. The second kappa shape index (κ2) is 9.12. The minimum atomic E-state index is -2.89. The number of fused-ring (bicyclic) bond motifs is 1. The molecule has 0 spiro atoms. The first-order valence-electron chi connectivity index (χ1n) is 13.5. The lowest BCUT2D eigenvalue weighted by molar-refractivity contribution is -0.129. The number of carbonyl (C=O) groups excluding carboxylic acids is 1. The first-order chi connectivity index (χ1) is 18.5. The maximum absolute atomic E-state index is 14.2. The molecule has 3 aromatic rings. The van der Waals surface area contributed by atoms with Crippen molar-refractivity contribution in [1.29, 1.82) is 0 Å². The van der Waals surface area contributed by atoms with E-state index in [1.807, 2.05) is 0 Å². The molecule has 0 saturated heterocycles. The molecule has 0 unspecified atom stereocenters. The molecule has 5 rings (SSSR count). The van der Waals surface area contributed by atoms with Gasteiger partial charge < -0.3 is 14.9 Å². The topological polar surface area (TPSA) is 82.9 Å². The van der Waals surface area contributed by atoms with Gasteiger partial charge in [0.2, 0.25) is 0 Å². The number of hydrogen-bond donors (Lipinski definition) is 2. The minimum Gasteiger partial charge on any atom is -0.396 e. The van der Waals surface area contributed by atoms with Gasteiger partial charge in [-0.05, 0) is 62.6 Å². The Hall–Kier alpha value is -2.48. The molecule has 1 aliphatic carbocycles. The highest BCUT2D eigenvalue weighted by atomic mass is 35.5. The van der Waals surface area contributed by atoms with Crippen LogP contribution in [0.25, 0.3) is 0 Å². The fourth-order valence-electron chi connectivity index (χ4n) is 4.37. The Balaban J connectivity index is 1.77. The predicted molar refractivity (Wildman–Crippen MR) is 138 cm³/mol. The normalized spacial score (nSPS) is 22.9. The second-order valence-electron chi connectivity index (χ2n) is 9.73. The summed E-state index contributed by atoms with van der Waals surface area (Å²) < 4.78 is 40.4. The Kier molecular flexibility index (Phi) is 5.21. The molecule has 1 fully saturated rings. The number of amides is 1. The lowest BCUT2D eigenvalue weighted by Gasteiger charge is -2.40.